The topological polar surface area (TPSA) is 67.7 Å². The molecule has 1 saturated heterocycles. The van der Waals surface area contributed by atoms with E-state index in [1.54, 1.807) is 7.11 Å². The third-order valence-electron chi connectivity index (χ3n) is 6.61. The van der Waals surface area contributed by atoms with E-state index < -0.39 is 0 Å². The van der Waals surface area contributed by atoms with E-state index in [-0.39, 0.29) is 11.5 Å². The number of ether oxygens (including phenoxy) is 1. The summed E-state index contributed by atoms with van der Waals surface area (Å²) in [6.07, 6.45) is 4.03. The van der Waals surface area contributed by atoms with Crippen molar-refractivity contribution in [3.8, 4) is 5.75 Å². The number of methoxy groups -OCH3 is 1. The predicted octanol–water partition coefficient (Wildman–Crippen LogP) is 3.46. The van der Waals surface area contributed by atoms with E-state index >= 15 is 0 Å². The zero-order valence-corrected chi connectivity index (χ0v) is 19.4. The van der Waals surface area contributed by atoms with Gasteiger partial charge in [0.15, 0.2) is 0 Å². The summed E-state index contributed by atoms with van der Waals surface area (Å²) in [6, 6.07) is 8.02. The van der Waals surface area contributed by atoms with Crippen LogP contribution in [0.5, 0.6) is 5.75 Å². The number of aryl methyl sites for hydroxylation is 2. The zero-order chi connectivity index (χ0) is 22.2. The summed E-state index contributed by atoms with van der Waals surface area (Å²) < 4.78 is 7.07. The minimum Gasteiger partial charge on any atom is -0.497 e. The molecule has 0 unspecified atom stereocenters. The first-order valence-corrected chi connectivity index (χ1v) is 12.1. The quantitative estimate of drug-likeness (QED) is 0.609. The molecule has 32 heavy (non-hydrogen) atoms. The molecule has 2 aromatic heterocycles. The van der Waals surface area contributed by atoms with Gasteiger partial charge in [-0.2, -0.15) is 0 Å². The highest BCUT2D eigenvalue weighted by Gasteiger charge is 2.27. The molecule has 1 aromatic carbocycles. The third-order valence-corrected chi connectivity index (χ3v) is 7.78. The number of fused-ring (bicyclic) bond motifs is 2. The van der Waals surface area contributed by atoms with E-state index in [0.29, 0.717) is 28.2 Å². The van der Waals surface area contributed by atoms with E-state index in [2.05, 4.69) is 17.0 Å². The Balaban J connectivity index is 1.36. The molecular weight excluding hydrogens is 424 g/mol. The summed E-state index contributed by atoms with van der Waals surface area (Å²) in [7, 11) is 1.66. The first-order chi connectivity index (χ1) is 15.6. The molecular formula is C24H28N4O3S. The first-order valence-electron chi connectivity index (χ1n) is 11.3. The molecule has 0 bridgehead atoms. The minimum absolute atomic E-state index is 0.0134. The molecule has 0 saturated carbocycles. The van der Waals surface area contributed by atoms with E-state index in [4.69, 9.17) is 9.72 Å². The Labute approximate surface area is 191 Å². The summed E-state index contributed by atoms with van der Waals surface area (Å²) in [6.45, 7) is 5.48. The molecule has 168 valence electrons. The molecule has 5 rings (SSSR count). The van der Waals surface area contributed by atoms with Crippen LogP contribution in [0.15, 0.2) is 29.1 Å². The zero-order valence-electron chi connectivity index (χ0n) is 18.6. The van der Waals surface area contributed by atoms with Crippen molar-refractivity contribution in [1.29, 1.82) is 0 Å². The van der Waals surface area contributed by atoms with Crippen LogP contribution in [0, 0.1) is 6.92 Å². The van der Waals surface area contributed by atoms with Gasteiger partial charge in [0.05, 0.1) is 17.4 Å². The normalized spacial score (nSPS) is 16.7. The molecule has 0 radical (unpaired) electrons. The number of amides is 1. The fourth-order valence-electron chi connectivity index (χ4n) is 4.72. The van der Waals surface area contributed by atoms with Crippen LogP contribution >= 0.6 is 11.3 Å². The van der Waals surface area contributed by atoms with Crippen molar-refractivity contribution < 1.29 is 9.53 Å². The average Bonchev–Trinajstić information content (AvgIpc) is 2.99. The fourth-order valence-corrected chi connectivity index (χ4v) is 5.88. The molecule has 4 heterocycles. The number of thiophene rings is 1. The summed E-state index contributed by atoms with van der Waals surface area (Å²) in [5.74, 6) is 1.72. The van der Waals surface area contributed by atoms with Crippen LogP contribution < -0.4 is 15.2 Å². The van der Waals surface area contributed by atoms with Crippen molar-refractivity contribution in [2.75, 3.05) is 38.2 Å². The van der Waals surface area contributed by atoms with Crippen LogP contribution in [0.25, 0.3) is 10.2 Å². The number of rotatable bonds is 3. The molecule has 3 aromatic rings. The van der Waals surface area contributed by atoms with Crippen molar-refractivity contribution in [3.05, 3.63) is 50.9 Å². The van der Waals surface area contributed by atoms with Crippen molar-refractivity contribution in [3.63, 3.8) is 0 Å². The number of carbonyl (C=O) groups excluding carboxylic acids is 1. The molecule has 7 nitrogen and oxygen atoms in total. The molecule has 2 aliphatic heterocycles. The first kappa shape index (κ1) is 21.0. The van der Waals surface area contributed by atoms with E-state index in [1.807, 2.05) is 28.5 Å². The van der Waals surface area contributed by atoms with Crippen LogP contribution in [0.3, 0.4) is 0 Å². The van der Waals surface area contributed by atoms with E-state index in [1.165, 1.54) is 11.3 Å². The molecule has 0 N–H and O–H groups in total. The highest BCUT2D eigenvalue weighted by atomic mass is 32.1. The van der Waals surface area contributed by atoms with Gasteiger partial charge in [-0.15, -0.1) is 11.3 Å². The lowest BCUT2D eigenvalue weighted by Crippen LogP contribution is -2.48. The summed E-state index contributed by atoms with van der Waals surface area (Å²) in [5.41, 5.74) is 1.93. The van der Waals surface area contributed by atoms with Gasteiger partial charge in [0.25, 0.3) is 11.5 Å². The molecule has 0 spiro atoms. The van der Waals surface area contributed by atoms with Gasteiger partial charge in [0.2, 0.25) is 0 Å². The average molecular weight is 453 g/mol. The number of hydrogen-bond donors (Lipinski definition) is 0. The molecule has 0 aliphatic carbocycles. The monoisotopic (exact) mass is 452 g/mol. The smallest absolute Gasteiger partial charge is 0.264 e. The van der Waals surface area contributed by atoms with Crippen LogP contribution in [0.4, 0.5) is 5.69 Å². The number of anilines is 1. The van der Waals surface area contributed by atoms with Gasteiger partial charge >= 0.3 is 0 Å². The van der Waals surface area contributed by atoms with Crippen molar-refractivity contribution >= 4 is 33.1 Å². The second-order valence-electron chi connectivity index (χ2n) is 8.51. The number of aromatic nitrogens is 2. The van der Waals surface area contributed by atoms with Crippen molar-refractivity contribution in [2.24, 2.45) is 0 Å². The Morgan fingerprint density at radius 3 is 2.50 bits per heavy atom. The Bertz CT molecular complexity index is 1210. The molecule has 1 amide bonds. The fraction of sp³-hybridized carbons (Fsp3) is 0.458. The van der Waals surface area contributed by atoms with E-state index in [0.717, 1.165) is 68.1 Å². The summed E-state index contributed by atoms with van der Waals surface area (Å²) in [5, 5.41) is 0.626. The largest absolute Gasteiger partial charge is 0.497 e. The lowest BCUT2D eigenvalue weighted by molar-refractivity contribution is 0.0751. The van der Waals surface area contributed by atoms with Gasteiger partial charge in [-0.3, -0.25) is 14.2 Å². The Kier molecular flexibility index (Phi) is 5.63. The summed E-state index contributed by atoms with van der Waals surface area (Å²) in [4.78, 5) is 36.9. The van der Waals surface area contributed by atoms with Crippen molar-refractivity contribution in [1.82, 2.24) is 14.5 Å². The van der Waals surface area contributed by atoms with E-state index in [9.17, 15) is 9.59 Å². The Morgan fingerprint density at radius 2 is 1.78 bits per heavy atom. The standard InChI is InChI=1S/C24H28N4O3S/c1-16-20-22(25-19-6-4-3-5-11-28(19)23(20)29)32-21(16)24(30)27-14-12-26(13-15-27)17-7-9-18(31-2)10-8-17/h7-10H,3-6,11-15H2,1-2H3. The maximum absolute atomic E-state index is 13.4. The van der Waals surface area contributed by atoms with Gasteiger partial charge in [-0.1, -0.05) is 6.42 Å². The maximum atomic E-state index is 13.4. The lowest BCUT2D eigenvalue weighted by atomic mass is 10.1. The number of carbonyl (C=O) groups is 1. The Morgan fingerprint density at radius 1 is 1.03 bits per heavy atom. The van der Waals surface area contributed by atoms with Crippen molar-refractivity contribution in [2.45, 2.75) is 39.2 Å². The number of hydrogen-bond acceptors (Lipinski definition) is 6. The molecule has 1 fully saturated rings. The summed E-state index contributed by atoms with van der Waals surface area (Å²) >= 11 is 1.38. The van der Waals surface area contributed by atoms with Gasteiger partial charge < -0.3 is 14.5 Å². The van der Waals surface area contributed by atoms with Crippen LogP contribution in [-0.2, 0) is 13.0 Å². The van der Waals surface area contributed by atoms with Gasteiger partial charge in [0.1, 0.15) is 16.4 Å². The molecule has 8 heteroatoms. The molecule has 2 aliphatic rings. The second kappa shape index (κ2) is 8.58. The Hall–Kier alpha value is -2.87. The van der Waals surface area contributed by atoms with Gasteiger partial charge in [-0.25, -0.2) is 4.98 Å². The SMILES string of the molecule is COc1ccc(N2CCN(C(=O)c3sc4nc5n(c(=O)c4c3C)CCCCC5)CC2)cc1. The number of nitrogens with zero attached hydrogens (tertiary/aromatic N) is 4. The van der Waals surface area contributed by atoms with Crippen LogP contribution in [0.2, 0.25) is 0 Å². The predicted molar refractivity (Wildman–Crippen MR) is 127 cm³/mol. The van der Waals surface area contributed by atoms with Crippen LogP contribution in [0.1, 0.15) is 40.3 Å². The number of piperazine rings is 1. The molecule has 0 atom stereocenters. The maximum Gasteiger partial charge on any atom is 0.264 e. The third kappa shape index (κ3) is 3.66. The van der Waals surface area contributed by atoms with Gasteiger partial charge in [0, 0.05) is 44.8 Å². The van der Waals surface area contributed by atoms with Crippen LogP contribution in [-0.4, -0.2) is 53.6 Å². The highest BCUT2D eigenvalue weighted by Crippen LogP contribution is 2.30. The van der Waals surface area contributed by atoms with Gasteiger partial charge in [-0.05, 0) is 49.6 Å². The second-order valence-corrected chi connectivity index (χ2v) is 9.51. The lowest BCUT2D eigenvalue weighted by Gasteiger charge is -2.36. The minimum atomic E-state index is 0.0134. The highest BCUT2D eigenvalue weighted by molar-refractivity contribution is 7.20. The number of benzene rings is 1.